The minimum atomic E-state index is 0.0421. The van der Waals surface area contributed by atoms with Crippen molar-refractivity contribution in [3.63, 3.8) is 0 Å². The molecule has 96 valence electrons. The average molecular weight is 266 g/mol. The number of hydrogen-bond donors (Lipinski definition) is 1. The first-order valence-electron chi connectivity index (χ1n) is 5.95. The van der Waals surface area contributed by atoms with E-state index in [2.05, 4.69) is 15.5 Å². The van der Waals surface area contributed by atoms with Crippen LogP contribution in [-0.4, -0.2) is 16.7 Å². The number of benzene rings is 1. The molecule has 0 spiro atoms. The van der Waals surface area contributed by atoms with E-state index >= 15 is 0 Å². The highest BCUT2D eigenvalue weighted by atomic mass is 35.5. The molecule has 0 bridgehead atoms. The van der Waals surface area contributed by atoms with Crippen LogP contribution in [0.3, 0.4) is 0 Å². The third kappa shape index (κ3) is 2.71. The highest BCUT2D eigenvalue weighted by molar-refractivity contribution is 6.33. The van der Waals surface area contributed by atoms with Crippen LogP contribution < -0.4 is 5.32 Å². The lowest BCUT2D eigenvalue weighted by atomic mass is 10.1. The van der Waals surface area contributed by atoms with E-state index in [0.29, 0.717) is 16.8 Å². The maximum atomic E-state index is 6.17. The van der Waals surface area contributed by atoms with Crippen LogP contribution in [0.25, 0.3) is 11.5 Å². The van der Waals surface area contributed by atoms with Crippen molar-refractivity contribution in [1.82, 2.24) is 15.5 Å². The van der Waals surface area contributed by atoms with E-state index in [1.54, 1.807) is 0 Å². The van der Waals surface area contributed by atoms with Crippen LogP contribution in [0.15, 0.2) is 22.6 Å². The van der Waals surface area contributed by atoms with Gasteiger partial charge in [-0.1, -0.05) is 24.6 Å². The molecule has 0 aliphatic rings. The van der Waals surface area contributed by atoms with E-state index in [0.717, 1.165) is 17.7 Å². The standard InChI is InChI=1S/C13H16ClN3O/c1-4-15-9(3)12-16-17-13(18-12)10-6-5-8(2)7-11(10)14/h5-7,9,15H,4H2,1-3H3. The van der Waals surface area contributed by atoms with Crippen LogP contribution in [0.1, 0.15) is 31.3 Å². The molecule has 0 saturated carbocycles. The number of nitrogens with zero attached hydrogens (tertiary/aromatic N) is 2. The molecule has 0 aliphatic heterocycles. The summed E-state index contributed by atoms with van der Waals surface area (Å²) in [6.07, 6.45) is 0. The third-order valence-electron chi connectivity index (χ3n) is 2.68. The van der Waals surface area contributed by atoms with Gasteiger partial charge in [0.05, 0.1) is 16.6 Å². The summed E-state index contributed by atoms with van der Waals surface area (Å²) >= 11 is 6.17. The Kier molecular flexibility index (Phi) is 3.99. The normalized spacial score (nSPS) is 12.7. The Morgan fingerprint density at radius 3 is 2.83 bits per heavy atom. The topological polar surface area (TPSA) is 51.0 Å². The van der Waals surface area contributed by atoms with Gasteiger partial charge in [-0.15, -0.1) is 10.2 Å². The first-order valence-corrected chi connectivity index (χ1v) is 6.33. The summed E-state index contributed by atoms with van der Waals surface area (Å²) < 4.78 is 5.64. The summed E-state index contributed by atoms with van der Waals surface area (Å²) in [5.74, 6) is 1.03. The van der Waals surface area contributed by atoms with Crippen LogP contribution in [-0.2, 0) is 0 Å². The SMILES string of the molecule is CCNC(C)c1nnc(-c2ccc(C)cc2Cl)o1. The van der Waals surface area contributed by atoms with Crippen LogP contribution in [0.2, 0.25) is 5.02 Å². The van der Waals surface area contributed by atoms with Crippen molar-refractivity contribution in [2.24, 2.45) is 0 Å². The summed E-state index contributed by atoms with van der Waals surface area (Å²) in [5, 5.41) is 11.9. The van der Waals surface area contributed by atoms with Crippen molar-refractivity contribution in [3.8, 4) is 11.5 Å². The molecule has 4 nitrogen and oxygen atoms in total. The lowest BCUT2D eigenvalue weighted by Crippen LogP contribution is -2.17. The van der Waals surface area contributed by atoms with E-state index in [9.17, 15) is 0 Å². The number of hydrogen-bond acceptors (Lipinski definition) is 4. The van der Waals surface area contributed by atoms with E-state index in [4.69, 9.17) is 16.0 Å². The number of rotatable bonds is 4. The van der Waals surface area contributed by atoms with Gasteiger partial charge in [-0.3, -0.25) is 0 Å². The Balaban J connectivity index is 2.29. The van der Waals surface area contributed by atoms with Gasteiger partial charge in [-0.05, 0) is 38.1 Å². The smallest absolute Gasteiger partial charge is 0.249 e. The third-order valence-corrected chi connectivity index (χ3v) is 2.99. The minimum Gasteiger partial charge on any atom is -0.419 e. The first kappa shape index (κ1) is 13.1. The van der Waals surface area contributed by atoms with Crippen molar-refractivity contribution in [2.75, 3.05) is 6.54 Å². The number of aromatic nitrogens is 2. The Morgan fingerprint density at radius 1 is 1.39 bits per heavy atom. The highest BCUT2D eigenvalue weighted by Crippen LogP contribution is 2.28. The maximum Gasteiger partial charge on any atom is 0.249 e. The molecule has 1 aromatic heterocycles. The molecular weight excluding hydrogens is 250 g/mol. The zero-order valence-corrected chi connectivity index (χ0v) is 11.5. The van der Waals surface area contributed by atoms with Gasteiger partial charge in [0.2, 0.25) is 11.8 Å². The zero-order valence-electron chi connectivity index (χ0n) is 10.7. The van der Waals surface area contributed by atoms with Crippen molar-refractivity contribution < 1.29 is 4.42 Å². The van der Waals surface area contributed by atoms with E-state index in [1.165, 1.54) is 0 Å². The van der Waals surface area contributed by atoms with Crippen LogP contribution in [0.5, 0.6) is 0 Å². The molecule has 0 radical (unpaired) electrons. The van der Waals surface area contributed by atoms with E-state index in [1.807, 2.05) is 39.0 Å². The van der Waals surface area contributed by atoms with Crippen LogP contribution in [0.4, 0.5) is 0 Å². The Bertz CT molecular complexity index is 539. The lowest BCUT2D eigenvalue weighted by molar-refractivity contribution is 0.429. The quantitative estimate of drug-likeness (QED) is 0.921. The summed E-state index contributed by atoms with van der Waals surface area (Å²) in [4.78, 5) is 0. The summed E-state index contributed by atoms with van der Waals surface area (Å²) in [5.41, 5.74) is 1.87. The molecule has 1 unspecified atom stereocenters. The monoisotopic (exact) mass is 265 g/mol. The molecule has 18 heavy (non-hydrogen) atoms. The van der Waals surface area contributed by atoms with Crippen molar-refractivity contribution in [2.45, 2.75) is 26.8 Å². The van der Waals surface area contributed by atoms with Gasteiger partial charge < -0.3 is 9.73 Å². The second-order valence-electron chi connectivity index (χ2n) is 4.21. The van der Waals surface area contributed by atoms with Gasteiger partial charge in [0.25, 0.3) is 0 Å². The lowest BCUT2D eigenvalue weighted by Gasteiger charge is -2.06. The average Bonchev–Trinajstić information content (AvgIpc) is 2.78. The Morgan fingerprint density at radius 2 is 2.17 bits per heavy atom. The summed E-state index contributed by atoms with van der Waals surface area (Å²) in [6.45, 7) is 6.86. The molecule has 2 rings (SSSR count). The second-order valence-corrected chi connectivity index (χ2v) is 4.62. The second kappa shape index (κ2) is 5.50. The largest absolute Gasteiger partial charge is 0.419 e. The molecule has 0 aliphatic carbocycles. The molecular formula is C13H16ClN3O. The Hall–Kier alpha value is -1.39. The predicted octanol–water partition coefficient (Wildman–Crippen LogP) is 3.37. The van der Waals surface area contributed by atoms with Gasteiger partial charge in [-0.25, -0.2) is 0 Å². The number of nitrogens with one attached hydrogen (secondary N) is 1. The van der Waals surface area contributed by atoms with Crippen molar-refractivity contribution >= 4 is 11.6 Å². The number of aryl methyl sites for hydroxylation is 1. The van der Waals surface area contributed by atoms with Gasteiger partial charge in [0.15, 0.2) is 0 Å². The maximum absolute atomic E-state index is 6.17. The van der Waals surface area contributed by atoms with Gasteiger partial charge >= 0.3 is 0 Å². The van der Waals surface area contributed by atoms with Crippen molar-refractivity contribution in [3.05, 3.63) is 34.7 Å². The van der Waals surface area contributed by atoms with Gasteiger partial charge in [0, 0.05) is 0 Å². The zero-order chi connectivity index (χ0) is 13.1. The number of halogens is 1. The molecule has 1 atom stereocenters. The molecule has 1 N–H and O–H groups in total. The van der Waals surface area contributed by atoms with Crippen LogP contribution in [0, 0.1) is 6.92 Å². The summed E-state index contributed by atoms with van der Waals surface area (Å²) in [6, 6.07) is 5.79. The van der Waals surface area contributed by atoms with Gasteiger partial charge in [0.1, 0.15) is 0 Å². The van der Waals surface area contributed by atoms with E-state index in [-0.39, 0.29) is 6.04 Å². The van der Waals surface area contributed by atoms with E-state index < -0.39 is 0 Å². The fourth-order valence-electron chi connectivity index (χ4n) is 1.71. The minimum absolute atomic E-state index is 0.0421. The van der Waals surface area contributed by atoms with Crippen molar-refractivity contribution in [1.29, 1.82) is 0 Å². The fourth-order valence-corrected chi connectivity index (χ4v) is 2.02. The molecule has 0 amide bonds. The van der Waals surface area contributed by atoms with Gasteiger partial charge in [-0.2, -0.15) is 0 Å². The molecule has 0 fully saturated rings. The molecule has 1 heterocycles. The predicted molar refractivity (Wildman–Crippen MR) is 71.6 cm³/mol. The van der Waals surface area contributed by atoms with Crippen LogP contribution >= 0.6 is 11.6 Å². The Labute approximate surface area is 111 Å². The summed E-state index contributed by atoms with van der Waals surface area (Å²) in [7, 11) is 0. The molecule has 5 heteroatoms. The molecule has 1 aromatic carbocycles. The first-order chi connectivity index (χ1) is 8.61. The molecule has 2 aromatic rings. The molecule has 0 saturated heterocycles. The highest BCUT2D eigenvalue weighted by Gasteiger charge is 2.15. The fraction of sp³-hybridized carbons (Fsp3) is 0.385.